The molecular weight excluding hydrogens is 188 g/mol. The molecule has 76 valence electrons. The third kappa shape index (κ3) is 2.17. The Labute approximate surface area is 88.1 Å². The smallest absolute Gasteiger partial charge is 0.116 e. The number of fused-ring (bicyclic) bond motifs is 1. The highest BCUT2D eigenvalue weighted by molar-refractivity contribution is 5.85. The number of phenolic OH excluding ortho intramolecular Hbond substituents is 1. The van der Waals surface area contributed by atoms with Gasteiger partial charge in [0.25, 0.3) is 0 Å². The number of hydrogen-bond acceptors (Lipinski definition) is 2. The molecule has 2 aromatic carbocycles. The van der Waals surface area contributed by atoms with Crippen molar-refractivity contribution in [1.82, 2.24) is 0 Å². The Morgan fingerprint density at radius 2 is 1.80 bits per heavy atom. The molecule has 0 amide bonds. The molecule has 15 heavy (non-hydrogen) atoms. The van der Waals surface area contributed by atoms with E-state index in [1.165, 1.54) is 0 Å². The molecule has 0 radical (unpaired) electrons. The van der Waals surface area contributed by atoms with Crippen molar-refractivity contribution in [2.24, 2.45) is 0 Å². The van der Waals surface area contributed by atoms with Gasteiger partial charge < -0.3 is 10.2 Å². The average molecular weight is 200 g/mol. The molecule has 0 aliphatic carbocycles. The monoisotopic (exact) mass is 200 g/mol. The molecule has 0 spiro atoms. The zero-order valence-electron chi connectivity index (χ0n) is 8.22. The second-order valence-electron chi connectivity index (χ2n) is 3.38. The molecule has 2 N–H and O–H groups in total. The summed E-state index contributed by atoms with van der Waals surface area (Å²) in [6.45, 7) is 0.0398. The summed E-state index contributed by atoms with van der Waals surface area (Å²) in [5.41, 5.74) is 1.02. The lowest BCUT2D eigenvalue weighted by molar-refractivity contribution is 0.343. The molecule has 0 aliphatic heterocycles. The molecule has 2 nitrogen and oxygen atoms in total. The van der Waals surface area contributed by atoms with Crippen LogP contribution in [0.4, 0.5) is 0 Å². The van der Waals surface area contributed by atoms with E-state index in [-0.39, 0.29) is 12.4 Å². The molecule has 0 aliphatic rings. The van der Waals surface area contributed by atoms with Gasteiger partial charge in [-0.05, 0) is 34.5 Å². The fourth-order valence-electron chi connectivity index (χ4n) is 1.55. The Kier molecular flexibility index (Phi) is 2.70. The molecule has 0 aromatic heterocycles. The zero-order valence-corrected chi connectivity index (χ0v) is 8.22. The minimum atomic E-state index is 0.0398. The number of aliphatic hydroxyl groups excluding tert-OH is 1. The van der Waals surface area contributed by atoms with Crippen LogP contribution in [0.15, 0.2) is 42.5 Å². The van der Waals surface area contributed by atoms with Gasteiger partial charge in [-0.3, -0.25) is 0 Å². The van der Waals surface area contributed by atoms with Gasteiger partial charge in [0.05, 0.1) is 6.61 Å². The van der Waals surface area contributed by atoms with E-state index < -0.39 is 0 Å². The minimum absolute atomic E-state index is 0.0398. The molecule has 2 aromatic rings. The molecule has 2 heteroatoms. The van der Waals surface area contributed by atoms with E-state index in [9.17, 15) is 5.11 Å². The highest BCUT2D eigenvalue weighted by Gasteiger charge is 1.95. The van der Waals surface area contributed by atoms with Crippen LogP contribution in [-0.2, 0) is 0 Å². The summed E-state index contributed by atoms with van der Waals surface area (Å²) in [6.07, 6.45) is 3.54. The highest BCUT2D eigenvalue weighted by Crippen LogP contribution is 2.21. The van der Waals surface area contributed by atoms with Crippen LogP contribution >= 0.6 is 0 Å². The quantitative estimate of drug-likeness (QED) is 0.782. The number of phenols is 1. The van der Waals surface area contributed by atoms with Crippen molar-refractivity contribution < 1.29 is 10.2 Å². The van der Waals surface area contributed by atoms with E-state index in [2.05, 4.69) is 0 Å². The fraction of sp³-hybridized carbons (Fsp3) is 0.0769. The lowest BCUT2D eigenvalue weighted by Gasteiger charge is -2.00. The summed E-state index contributed by atoms with van der Waals surface area (Å²) in [4.78, 5) is 0. The predicted octanol–water partition coefficient (Wildman–Crippen LogP) is 2.55. The second kappa shape index (κ2) is 4.15. The molecule has 0 atom stereocenters. The van der Waals surface area contributed by atoms with Crippen molar-refractivity contribution in [3.63, 3.8) is 0 Å². The van der Waals surface area contributed by atoms with Gasteiger partial charge in [0.1, 0.15) is 5.75 Å². The molecule has 0 bridgehead atoms. The minimum Gasteiger partial charge on any atom is -0.508 e. The summed E-state index contributed by atoms with van der Waals surface area (Å²) in [5, 5.41) is 20.1. The standard InChI is InChI=1S/C13H12O2/c14-7-1-2-10-3-4-11-5-6-13(15)9-12(11)8-10/h1-6,8-9,14-15H,7H2. The predicted molar refractivity (Wildman–Crippen MR) is 61.7 cm³/mol. The fourth-order valence-corrected chi connectivity index (χ4v) is 1.55. The largest absolute Gasteiger partial charge is 0.508 e. The normalized spacial score (nSPS) is 11.3. The van der Waals surface area contributed by atoms with Gasteiger partial charge in [-0.15, -0.1) is 0 Å². The van der Waals surface area contributed by atoms with Crippen molar-refractivity contribution >= 4 is 16.8 Å². The zero-order chi connectivity index (χ0) is 10.7. The van der Waals surface area contributed by atoms with Crippen LogP contribution in [0.2, 0.25) is 0 Å². The van der Waals surface area contributed by atoms with Crippen LogP contribution in [0, 0.1) is 0 Å². The van der Waals surface area contributed by atoms with Gasteiger partial charge in [-0.2, -0.15) is 0 Å². The molecule has 0 heterocycles. The first-order valence-electron chi connectivity index (χ1n) is 4.80. The van der Waals surface area contributed by atoms with Gasteiger partial charge in [0.2, 0.25) is 0 Å². The lowest BCUT2D eigenvalue weighted by Crippen LogP contribution is -1.77. The van der Waals surface area contributed by atoms with E-state index in [0.29, 0.717) is 0 Å². The second-order valence-corrected chi connectivity index (χ2v) is 3.38. The Hall–Kier alpha value is -1.80. The average Bonchev–Trinajstić information content (AvgIpc) is 2.25. The van der Waals surface area contributed by atoms with E-state index in [1.54, 1.807) is 18.2 Å². The van der Waals surface area contributed by atoms with E-state index in [0.717, 1.165) is 16.3 Å². The van der Waals surface area contributed by atoms with Crippen LogP contribution in [0.3, 0.4) is 0 Å². The number of aromatic hydroxyl groups is 1. The van der Waals surface area contributed by atoms with Crippen molar-refractivity contribution in [3.05, 3.63) is 48.0 Å². The first-order valence-corrected chi connectivity index (χ1v) is 4.80. The Morgan fingerprint density at radius 3 is 2.60 bits per heavy atom. The lowest BCUT2D eigenvalue weighted by atomic mass is 10.1. The van der Waals surface area contributed by atoms with Crippen molar-refractivity contribution in [2.75, 3.05) is 6.61 Å². The van der Waals surface area contributed by atoms with Gasteiger partial charge in [-0.1, -0.05) is 30.4 Å². The van der Waals surface area contributed by atoms with Crippen molar-refractivity contribution in [1.29, 1.82) is 0 Å². The maximum absolute atomic E-state index is 9.34. The van der Waals surface area contributed by atoms with E-state index in [4.69, 9.17) is 5.11 Å². The SMILES string of the molecule is OCC=Cc1ccc2ccc(O)cc2c1. The van der Waals surface area contributed by atoms with Gasteiger partial charge >= 0.3 is 0 Å². The van der Waals surface area contributed by atoms with Crippen molar-refractivity contribution in [2.45, 2.75) is 0 Å². The maximum Gasteiger partial charge on any atom is 0.116 e. The maximum atomic E-state index is 9.34. The number of aliphatic hydroxyl groups is 1. The summed E-state index contributed by atoms with van der Waals surface area (Å²) >= 11 is 0. The van der Waals surface area contributed by atoms with Crippen LogP contribution in [0.1, 0.15) is 5.56 Å². The first-order chi connectivity index (χ1) is 7.29. The van der Waals surface area contributed by atoms with Crippen LogP contribution in [0.25, 0.3) is 16.8 Å². The third-order valence-corrected chi connectivity index (χ3v) is 2.26. The van der Waals surface area contributed by atoms with Crippen LogP contribution in [-0.4, -0.2) is 16.8 Å². The molecule has 2 rings (SSSR count). The Bertz CT molecular complexity index is 501. The Balaban J connectivity index is 2.49. The van der Waals surface area contributed by atoms with Gasteiger partial charge in [0, 0.05) is 0 Å². The van der Waals surface area contributed by atoms with E-state index in [1.807, 2.05) is 30.3 Å². The van der Waals surface area contributed by atoms with Crippen LogP contribution < -0.4 is 0 Å². The molecule has 0 fully saturated rings. The van der Waals surface area contributed by atoms with Gasteiger partial charge in [-0.25, -0.2) is 0 Å². The molecular formula is C13H12O2. The molecule has 0 saturated carbocycles. The summed E-state index contributed by atoms with van der Waals surface area (Å²) in [5.74, 6) is 0.269. The summed E-state index contributed by atoms with van der Waals surface area (Å²) in [6, 6.07) is 11.2. The topological polar surface area (TPSA) is 40.5 Å². The van der Waals surface area contributed by atoms with Gasteiger partial charge in [0.15, 0.2) is 0 Å². The van der Waals surface area contributed by atoms with Crippen molar-refractivity contribution in [3.8, 4) is 5.75 Å². The number of benzene rings is 2. The highest BCUT2D eigenvalue weighted by atomic mass is 16.3. The van der Waals surface area contributed by atoms with Crippen LogP contribution in [0.5, 0.6) is 5.75 Å². The first kappa shape index (κ1) is 9.74. The van der Waals surface area contributed by atoms with E-state index >= 15 is 0 Å². The third-order valence-electron chi connectivity index (χ3n) is 2.26. The number of rotatable bonds is 2. The molecule has 0 saturated heterocycles. The number of hydrogen-bond donors (Lipinski definition) is 2. The Morgan fingerprint density at radius 1 is 1.00 bits per heavy atom. The molecule has 0 unspecified atom stereocenters. The summed E-state index contributed by atoms with van der Waals surface area (Å²) in [7, 11) is 0. The summed E-state index contributed by atoms with van der Waals surface area (Å²) < 4.78 is 0.